The Kier molecular flexibility index (Phi) is 11.9. The van der Waals surface area contributed by atoms with E-state index >= 15 is 0 Å². The highest BCUT2D eigenvalue weighted by Gasteiger charge is 2.75. The SMILES string of the molecule is CCC(C)(C)C(=O)OC1(C)C2CC3CC(C2)CC1C3.CCC(C)(C)C(=O)OC1CC(C(C)(O)C(F)(F)F)CC(C(O)(C(F)(F)F)C(F)(F)F)C1. The van der Waals surface area contributed by atoms with Crippen molar-refractivity contribution in [3.63, 3.8) is 0 Å². The molecule has 5 rings (SSSR count). The number of carbonyl (C=O) groups excluding carboxylic acids is 2. The van der Waals surface area contributed by atoms with Crippen molar-refractivity contribution in [1.82, 2.24) is 0 Å². The summed E-state index contributed by atoms with van der Waals surface area (Å²) in [6, 6.07) is 0. The minimum atomic E-state index is -6.28. The minimum absolute atomic E-state index is 0.0185. The summed E-state index contributed by atoms with van der Waals surface area (Å²) in [6.45, 7) is 12.8. The first kappa shape index (κ1) is 42.6. The monoisotopic (exact) mass is 740 g/mol. The largest absolute Gasteiger partial charge is 0.462 e. The minimum Gasteiger partial charge on any atom is -0.462 e. The molecule has 4 bridgehead atoms. The normalized spacial score (nSPS) is 33.2. The van der Waals surface area contributed by atoms with Gasteiger partial charge in [-0.15, -0.1) is 0 Å². The first-order chi connectivity index (χ1) is 22.4. The van der Waals surface area contributed by atoms with Gasteiger partial charge in [0.2, 0.25) is 0 Å². The van der Waals surface area contributed by atoms with Crippen LogP contribution in [0.3, 0.4) is 0 Å². The Morgan fingerprint density at radius 2 is 1.02 bits per heavy atom. The van der Waals surface area contributed by atoms with Gasteiger partial charge in [-0.05, 0) is 129 Å². The summed E-state index contributed by atoms with van der Waals surface area (Å²) in [5.74, 6) is -2.96. The van der Waals surface area contributed by atoms with Crippen molar-refractivity contribution in [2.24, 2.45) is 46.3 Å². The average Bonchev–Trinajstić information content (AvgIpc) is 2.97. The lowest BCUT2D eigenvalue weighted by molar-refractivity contribution is -0.391. The van der Waals surface area contributed by atoms with Crippen LogP contribution in [0.2, 0.25) is 0 Å². The molecule has 0 aromatic rings. The molecule has 0 amide bonds. The molecule has 292 valence electrons. The zero-order valence-corrected chi connectivity index (χ0v) is 30.0. The van der Waals surface area contributed by atoms with Gasteiger partial charge >= 0.3 is 30.5 Å². The number of esters is 2. The summed E-state index contributed by atoms with van der Waals surface area (Å²) < 4.78 is 131. The molecular weight excluding hydrogens is 687 g/mol. The van der Waals surface area contributed by atoms with Gasteiger partial charge in [-0.25, -0.2) is 0 Å². The molecule has 0 aliphatic heterocycles. The smallest absolute Gasteiger partial charge is 0.426 e. The maximum Gasteiger partial charge on any atom is 0.426 e. The van der Waals surface area contributed by atoms with Crippen LogP contribution in [-0.2, 0) is 19.1 Å². The van der Waals surface area contributed by atoms with Crippen LogP contribution in [0.15, 0.2) is 0 Å². The molecule has 0 radical (unpaired) electrons. The van der Waals surface area contributed by atoms with Gasteiger partial charge in [-0.2, -0.15) is 39.5 Å². The molecule has 5 aliphatic carbocycles. The molecule has 0 aromatic carbocycles. The third-order valence-corrected chi connectivity index (χ3v) is 12.7. The predicted molar refractivity (Wildman–Crippen MR) is 164 cm³/mol. The second-order valence-electron chi connectivity index (χ2n) is 16.9. The van der Waals surface area contributed by atoms with E-state index in [4.69, 9.17) is 9.47 Å². The molecule has 4 unspecified atom stereocenters. The lowest BCUT2D eigenvalue weighted by Gasteiger charge is -2.59. The van der Waals surface area contributed by atoms with Crippen molar-refractivity contribution >= 4 is 11.9 Å². The molecule has 5 aliphatic rings. The molecular formula is C35H53F9O6. The highest BCUT2D eigenvalue weighted by molar-refractivity contribution is 5.76. The third kappa shape index (κ3) is 8.07. The van der Waals surface area contributed by atoms with E-state index in [1.165, 1.54) is 46.0 Å². The molecule has 15 heteroatoms. The molecule has 5 saturated carbocycles. The summed E-state index contributed by atoms with van der Waals surface area (Å²) in [7, 11) is 0. The Morgan fingerprint density at radius 1 is 0.620 bits per heavy atom. The van der Waals surface area contributed by atoms with E-state index in [9.17, 15) is 59.3 Å². The Labute approximate surface area is 288 Å². The van der Waals surface area contributed by atoms with Gasteiger partial charge in [0.25, 0.3) is 5.60 Å². The van der Waals surface area contributed by atoms with E-state index in [-0.39, 0.29) is 30.3 Å². The van der Waals surface area contributed by atoms with Crippen molar-refractivity contribution in [1.29, 1.82) is 0 Å². The number of carbonyl (C=O) groups is 2. The molecule has 2 N–H and O–H groups in total. The number of hydrogen-bond acceptors (Lipinski definition) is 6. The Hall–Kier alpha value is -1.77. The van der Waals surface area contributed by atoms with Crippen molar-refractivity contribution < 1.29 is 68.8 Å². The van der Waals surface area contributed by atoms with Gasteiger partial charge in [-0.1, -0.05) is 13.8 Å². The molecule has 50 heavy (non-hydrogen) atoms. The third-order valence-electron chi connectivity index (χ3n) is 12.7. The summed E-state index contributed by atoms with van der Waals surface area (Å²) in [5.41, 5.74) is -10.8. The highest BCUT2D eigenvalue weighted by atomic mass is 19.4. The average molecular weight is 741 g/mol. The number of hydrogen-bond donors (Lipinski definition) is 2. The fourth-order valence-electron chi connectivity index (χ4n) is 8.24. The standard InChI is InChI=1S/C18H25F9O4.C17H28O2/c1-5-13(2,3)12(28)31-11-7-9(14(4,29)16(19,20)21)6-10(8-11)15(30,17(22,23)24)18(25,26)27;1-5-16(2,3)15(18)19-17(4)13-7-11-6-12(9-13)10-14(17)8-11/h9-11,29-30H,5-8H2,1-4H3;11-14H,5-10H2,1-4H3. The van der Waals surface area contributed by atoms with Crippen LogP contribution in [0.5, 0.6) is 0 Å². The zero-order chi connectivity index (χ0) is 38.7. The maximum atomic E-state index is 13.3. The van der Waals surface area contributed by atoms with E-state index < -0.39 is 78.3 Å². The van der Waals surface area contributed by atoms with Gasteiger partial charge < -0.3 is 19.7 Å². The van der Waals surface area contributed by atoms with Crippen LogP contribution in [0.4, 0.5) is 39.5 Å². The van der Waals surface area contributed by atoms with E-state index in [2.05, 4.69) is 13.8 Å². The van der Waals surface area contributed by atoms with Gasteiger partial charge in [-0.3, -0.25) is 9.59 Å². The van der Waals surface area contributed by atoms with Crippen molar-refractivity contribution in [2.75, 3.05) is 0 Å². The molecule has 0 saturated heterocycles. The van der Waals surface area contributed by atoms with E-state index in [1.54, 1.807) is 6.92 Å². The highest BCUT2D eigenvalue weighted by Crippen LogP contribution is 2.60. The summed E-state index contributed by atoms with van der Waals surface area (Å²) in [5, 5.41) is 19.6. The molecule has 0 spiro atoms. The van der Waals surface area contributed by atoms with Crippen molar-refractivity contribution in [3.8, 4) is 0 Å². The van der Waals surface area contributed by atoms with Gasteiger partial charge in [0.1, 0.15) is 11.7 Å². The fraction of sp³-hybridized carbons (Fsp3) is 0.943. The second-order valence-corrected chi connectivity index (χ2v) is 16.9. The molecule has 0 heterocycles. The van der Waals surface area contributed by atoms with Crippen molar-refractivity contribution in [3.05, 3.63) is 0 Å². The van der Waals surface area contributed by atoms with Crippen LogP contribution in [0.1, 0.15) is 120 Å². The Bertz CT molecular complexity index is 1180. The summed E-state index contributed by atoms with van der Waals surface area (Å²) in [6.07, 6.45) is -15.6. The van der Waals surface area contributed by atoms with Gasteiger partial charge in [0.05, 0.1) is 10.8 Å². The zero-order valence-electron chi connectivity index (χ0n) is 30.0. The summed E-state index contributed by atoms with van der Waals surface area (Å²) >= 11 is 0. The first-order valence-corrected chi connectivity index (χ1v) is 17.5. The van der Waals surface area contributed by atoms with Gasteiger partial charge in [0.15, 0.2) is 5.60 Å². The number of aliphatic hydroxyl groups is 2. The van der Waals surface area contributed by atoms with Crippen LogP contribution >= 0.6 is 0 Å². The van der Waals surface area contributed by atoms with E-state index in [0.29, 0.717) is 11.8 Å². The quantitative estimate of drug-likeness (QED) is 0.191. The summed E-state index contributed by atoms with van der Waals surface area (Å²) in [4.78, 5) is 24.7. The van der Waals surface area contributed by atoms with Gasteiger partial charge in [0, 0.05) is 11.8 Å². The topological polar surface area (TPSA) is 93.1 Å². The number of ether oxygens (including phenoxy) is 2. The van der Waals surface area contributed by atoms with Crippen molar-refractivity contribution in [2.45, 2.75) is 161 Å². The second kappa shape index (κ2) is 13.9. The molecule has 6 nitrogen and oxygen atoms in total. The van der Waals surface area contributed by atoms with Crippen LogP contribution in [0, 0.1) is 46.3 Å². The van der Waals surface area contributed by atoms with E-state index in [1.807, 2.05) is 13.8 Å². The Balaban J connectivity index is 0.000000300. The van der Waals surface area contributed by atoms with Crippen LogP contribution < -0.4 is 0 Å². The lowest BCUT2D eigenvalue weighted by atomic mass is 9.50. The van der Waals surface area contributed by atoms with E-state index in [0.717, 1.165) is 18.3 Å². The number of alkyl halides is 9. The number of rotatable bonds is 8. The molecule has 0 aromatic heterocycles. The maximum absolute atomic E-state index is 13.3. The molecule has 5 fully saturated rings. The van der Waals surface area contributed by atoms with Crippen LogP contribution in [-0.4, -0.2) is 63.6 Å². The first-order valence-electron chi connectivity index (χ1n) is 17.5. The fourth-order valence-corrected chi connectivity index (χ4v) is 8.24. The Morgan fingerprint density at radius 3 is 1.40 bits per heavy atom. The molecule has 4 atom stereocenters. The van der Waals surface area contributed by atoms with Crippen LogP contribution in [0.25, 0.3) is 0 Å². The lowest BCUT2D eigenvalue weighted by Crippen LogP contribution is -2.64. The predicted octanol–water partition coefficient (Wildman–Crippen LogP) is 9.10. The number of halogens is 9.